The van der Waals surface area contributed by atoms with Gasteiger partial charge in [0.1, 0.15) is 0 Å². The molecule has 3 rings (SSSR count). The van der Waals surface area contributed by atoms with Gasteiger partial charge in [-0.05, 0) is 32.9 Å². The Morgan fingerprint density at radius 1 is 1.09 bits per heavy atom. The molecule has 0 saturated carbocycles. The lowest BCUT2D eigenvalue weighted by Crippen LogP contribution is -2.03. The van der Waals surface area contributed by atoms with Crippen LogP contribution in [0.25, 0.3) is 11.4 Å². The highest BCUT2D eigenvalue weighted by molar-refractivity contribution is 6.33. The molecule has 0 unspecified atom stereocenters. The van der Waals surface area contributed by atoms with Gasteiger partial charge in [0.15, 0.2) is 17.5 Å². The number of nitrogens with zero attached hydrogens (tertiary/aromatic N) is 4. The number of nitrogens with one attached hydrogen (secondary N) is 1. The molecule has 5 nitrogen and oxygen atoms in total. The third-order valence-corrected chi connectivity index (χ3v) is 3.73. The Bertz CT molecular complexity index is 825. The lowest BCUT2D eigenvalue weighted by Gasteiger charge is -2.10. The van der Waals surface area contributed by atoms with E-state index in [9.17, 15) is 0 Å². The van der Waals surface area contributed by atoms with Crippen molar-refractivity contribution in [2.75, 3.05) is 0 Å². The lowest BCUT2D eigenvalue weighted by molar-refractivity contribution is 0.955. The van der Waals surface area contributed by atoms with E-state index in [2.05, 4.69) is 25.5 Å². The summed E-state index contributed by atoms with van der Waals surface area (Å²) in [6.45, 7) is 5.80. The minimum Gasteiger partial charge on any atom is -0.261 e. The van der Waals surface area contributed by atoms with Crippen LogP contribution in [-0.2, 0) is 0 Å². The molecule has 1 N–H and O–H groups in total. The van der Waals surface area contributed by atoms with E-state index in [0.29, 0.717) is 22.5 Å². The monoisotopic (exact) mass is 312 g/mol. The summed E-state index contributed by atoms with van der Waals surface area (Å²) < 4.78 is 0. The standard InChI is InChI=1S/C16H15ClN5/c1-9-8-14(22-21-9)19-15-10(2)11(3)18-16(20-15)12-6-4-5-7-13(12)17/h4-8H,1-3H3,(H,21,22). The zero-order valence-corrected chi connectivity index (χ0v) is 13.3. The molecule has 0 spiro atoms. The molecule has 0 aliphatic rings. The first-order valence-electron chi connectivity index (χ1n) is 6.88. The van der Waals surface area contributed by atoms with Crippen LogP contribution in [0.5, 0.6) is 0 Å². The number of rotatable bonds is 3. The molecule has 0 aliphatic heterocycles. The second kappa shape index (κ2) is 5.77. The van der Waals surface area contributed by atoms with E-state index >= 15 is 0 Å². The topological polar surface area (TPSA) is 68.6 Å². The maximum atomic E-state index is 6.24. The summed E-state index contributed by atoms with van der Waals surface area (Å²) in [5, 5.41) is 12.1. The van der Waals surface area contributed by atoms with Crippen LogP contribution in [-0.4, -0.2) is 20.2 Å². The van der Waals surface area contributed by atoms with Gasteiger partial charge in [0.2, 0.25) is 0 Å². The van der Waals surface area contributed by atoms with Gasteiger partial charge in [-0.3, -0.25) is 5.10 Å². The van der Waals surface area contributed by atoms with E-state index < -0.39 is 0 Å². The average Bonchev–Trinajstić information content (AvgIpc) is 2.89. The molecule has 0 bridgehead atoms. The highest BCUT2D eigenvalue weighted by atomic mass is 35.5. The first-order valence-corrected chi connectivity index (χ1v) is 7.26. The van der Waals surface area contributed by atoms with Crippen molar-refractivity contribution >= 4 is 23.2 Å². The largest absolute Gasteiger partial charge is 0.261 e. The summed E-state index contributed by atoms with van der Waals surface area (Å²) in [5.74, 6) is 1.86. The summed E-state index contributed by atoms with van der Waals surface area (Å²) >= 11 is 6.24. The van der Waals surface area contributed by atoms with Crippen LogP contribution >= 0.6 is 11.6 Å². The lowest BCUT2D eigenvalue weighted by atomic mass is 10.2. The van der Waals surface area contributed by atoms with E-state index in [-0.39, 0.29) is 0 Å². The molecule has 0 aliphatic carbocycles. The minimum atomic E-state index is 0.573. The van der Waals surface area contributed by atoms with Crippen LogP contribution in [0.15, 0.2) is 30.3 Å². The van der Waals surface area contributed by atoms with Gasteiger partial charge in [-0.25, -0.2) is 15.3 Å². The second-order valence-electron chi connectivity index (χ2n) is 5.07. The molecule has 0 saturated heterocycles. The van der Waals surface area contributed by atoms with Crippen molar-refractivity contribution in [1.29, 1.82) is 0 Å². The van der Waals surface area contributed by atoms with Crippen molar-refractivity contribution in [2.45, 2.75) is 20.8 Å². The minimum absolute atomic E-state index is 0.573. The van der Waals surface area contributed by atoms with Crippen LogP contribution in [0.4, 0.5) is 11.6 Å². The van der Waals surface area contributed by atoms with E-state index in [1.165, 1.54) is 0 Å². The third kappa shape index (κ3) is 2.80. The van der Waals surface area contributed by atoms with Crippen LogP contribution in [0, 0.1) is 20.8 Å². The van der Waals surface area contributed by atoms with Gasteiger partial charge in [0.25, 0.3) is 0 Å². The number of H-pyrrole nitrogens is 1. The number of aromatic nitrogens is 4. The molecule has 0 amide bonds. The fourth-order valence-electron chi connectivity index (χ4n) is 2.06. The van der Waals surface area contributed by atoms with Crippen LogP contribution in [0.2, 0.25) is 5.02 Å². The first kappa shape index (κ1) is 14.5. The fourth-order valence-corrected chi connectivity index (χ4v) is 2.29. The summed E-state index contributed by atoms with van der Waals surface area (Å²) in [4.78, 5) is 9.09. The SMILES string of the molecule is Cc1cc([N]c2nc(-c3ccccc3Cl)nc(C)c2C)[nH]n1. The fraction of sp³-hybridized carbons (Fsp3) is 0.188. The average molecular weight is 313 g/mol. The van der Waals surface area contributed by atoms with E-state index in [1.54, 1.807) is 0 Å². The first-order chi connectivity index (χ1) is 10.5. The summed E-state index contributed by atoms with van der Waals surface area (Å²) in [5.41, 5.74) is 3.49. The normalized spacial score (nSPS) is 10.7. The van der Waals surface area contributed by atoms with Gasteiger partial charge in [-0.15, -0.1) is 0 Å². The quantitative estimate of drug-likeness (QED) is 0.794. The van der Waals surface area contributed by atoms with Crippen molar-refractivity contribution in [2.24, 2.45) is 0 Å². The summed E-state index contributed by atoms with van der Waals surface area (Å²) in [6, 6.07) is 9.38. The van der Waals surface area contributed by atoms with E-state index in [4.69, 9.17) is 11.6 Å². The van der Waals surface area contributed by atoms with Crippen molar-refractivity contribution in [3.8, 4) is 11.4 Å². The highest BCUT2D eigenvalue weighted by Gasteiger charge is 2.13. The predicted octanol–water partition coefficient (Wildman–Crippen LogP) is 4.01. The van der Waals surface area contributed by atoms with Crippen molar-refractivity contribution in [3.05, 3.63) is 52.3 Å². The van der Waals surface area contributed by atoms with Crippen molar-refractivity contribution in [3.63, 3.8) is 0 Å². The number of hydrogen-bond donors (Lipinski definition) is 1. The molecule has 0 atom stereocenters. The van der Waals surface area contributed by atoms with Gasteiger partial charge < -0.3 is 0 Å². The van der Waals surface area contributed by atoms with Gasteiger partial charge >= 0.3 is 0 Å². The number of aromatic amines is 1. The molecule has 22 heavy (non-hydrogen) atoms. The van der Waals surface area contributed by atoms with Crippen LogP contribution < -0.4 is 5.32 Å². The van der Waals surface area contributed by atoms with Crippen molar-refractivity contribution < 1.29 is 0 Å². The number of halogens is 1. The van der Waals surface area contributed by atoms with Crippen LogP contribution in [0.1, 0.15) is 17.0 Å². The summed E-state index contributed by atoms with van der Waals surface area (Å²) in [6.07, 6.45) is 0. The van der Waals surface area contributed by atoms with Gasteiger partial charge in [0.05, 0.1) is 10.7 Å². The molecule has 6 heteroatoms. The van der Waals surface area contributed by atoms with Gasteiger partial charge in [-0.1, -0.05) is 23.7 Å². The molecule has 0 fully saturated rings. The smallest absolute Gasteiger partial charge is 0.163 e. The van der Waals surface area contributed by atoms with Gasteiger partial charge in [-0.2, -0.15) is 5.10 Å². The van der Waals surface area contributed by atoms with E-state index in [1.807, 2.05) is 51.1 Å². The Hall–Kier alpha value is -2.40. The van der Waals surface area contributed by atoms with Gasteiger partial charge in [0, 0.05) is 22.9 Å². The second-order valence-corrected chi connectivity index (χ2v) is 5.47. The van der Waals surface area contributed by atoms with Crippen molar-refractivity contribution in [1.82, 2.24) is 25.5 Å². The molecular weight excluding hydrogens is 298 g/mol. The molecule has 111 valence electrons. The Labute approximate surface area is 133 Å². The number of hydrogen-bond acceptors (Lipinski definition) is 3. The number of benzene rings is 1. The predicted molar refractivity (Wildman–Crippen MR) is 86.7 cm³/mol. The Balaban J connectivity index is 2.05. The Morgan fingerprint density at radius 3 is 2.55 bits per heavy atom. The molecule has 1 aromatic carbocycles. The Kier molecular flexibility index (Phi) is 3.81. The summed E-state index contributed by atoms with van der Waals surface area (Å²) in [7, 11) is 0. The molecule has 2 aromatic heterocycles. The molecule has 2 heterocycles. The zero-order valence-electron chi connectivity index (χ0n) is 12.6. The zero-order chi connectivity index (χ0) is 15.7. The Morgan fingerprint density at radius 2 is 1.86 bits per heavy atom. The highest BCUT2D eigenvalue weighted by Crippen LogP contribution is 2.28. The maximum absolute atomic E-state index is 6.24. The maximum Gasteiger partial charge on any atom is 0.163 e. The molecule has 1 radical (unpaired) electrons. The number of aryl methyl sites for hydroxylation is 2. The van der Waals surface area contributed by atoms with Crippen LogP contribution in [0.3, 0.4) is 0 Å². The third-order valence-electron chi connectivity index (χ3n) is 3.40. The van der Waals surface area contributed by atoms with E-state index in [0.717, 1.165) is 22.5 Å². The molecule has 3 aromatic rings. The molecular formula is C16H15ClN5.